The monoisotopic (exact) mass is 296 g/mol. The van der Waals surface area contributed by atoms with E-state index in [0.717, 1.165) is 12.3 Å². The summed E-state index contributed by atoms with van der Waals surface area (Å²) in [5, 5.41) is 0. The number of rotatable bonds is 0. The third-order valence-corrected chi connectivity index (χ3v) is 9.19. The lowest BCUT2D eigenvalue weighted by molar-refractivity contribution is -0.360. The molecular weight excluding hydrogens is 276 g/mol. The topological polar surface area (TPSA) is 17.1 Å². The minimum atomic E-state index is 0.0803. The zero-order valence-corrected chi connectivity index (χ0v) is 12.6. The first-order valence-electron chi connectivity index (χ1n) is 6.98. The Balaban J connectivity index is 1.86. The van der Waals surface area contributed by atoms with Crippen LogP contribution in [0.4, 0.5) is 0 Å². The van der Waals surface area contributed by atoms with Gasteiger partial charge in [0.1, 0.15) is 5.78 Å². The number of hydrogen-bond donors (Lipinski definition) is 0. The van der Waals surface area contributed by atoms with E-state index < -0.39 is 0 Å². The Morgan fingerprint density at radius 1 is 1.29 bits per heavy atom. The molecule has 0 radical (unpaired) electrons. The normalized spacial score (nSPS) is 62.2. The highest BCUT2D eigenvalue weighted by atomic mass is 79.9. The number of fused-ring (bicyclic) bond motifs is 1. The first-order valence-corrected chi connectivity index (χ1v) is 7.89. The number of alkyl halides is 1. The van der Waals surface area contributed by atoms with E-state index in [-0.39, 0.29) is 5.41 Å². The zero-order valence-electron chi connectivity index (χ0n) is 11.0. The fraction of sp³-hybridized carbons (Fsp3) is 0.933. The number of hydrogen-bond acceptors (Lipinski definition) is 1. The molecule has 5 saturated carbocycles. The van der Waals surface area contributed by atoms with Crippen LogP contribution >= 0.6 is 15.9 Å². The minimum Gasteiger partial charge on any atom is -0.299 e. The van der Waals surface area contributed by atoms with Crippen molar-refractivity contribution in [3.8, 4) is 0 Å². The molecule has 5 rings (SSSR count). The molecule has 5 aliphatic carbocycles. The molecule has 0 aromatic heterocycles. The van der Waals surface area contributed by atoms with Crippen LogP contribution in [0.15, 0.2) is 0 Å². The van der Waals surface area contributed by atoms with Crippen LogP contribution in [-0.4, -0.2) is 10.6 Å². The predicted molar refractivity (Wildman–Crippen MR) is 71.1 cm³/mol. The standard InChI is InChI=1S/C15H21BrO/c1-12(2)10(16)4-5-14-8-13(3)9(14)6-15(12,14)7-11(13)17/h9-10H,4-8H2,1-3H3. The van der Waals surface area contributed by atoms with E-state index >= 15 is 0 Å². The van der Waals surface area contributed by atoms with Crippen molar-refractivity contribution in [2.75, 3.05) is 0 Å². The molecule has 0 aromatic rings. The lowest BCUT2D eigenvalue weighted by Crippen LogP contribution is -2.84. The summed E-state index contributed by atoms with van der Waals surface area (Å²) in [6.45, 7) is 7.04. The van der Waals surface area contributed by atoms with Gasteiger partial charge in [0.2, 0.25) is 0 Å². The summed E-state index contributed by atoms with van der Waals surface area (Å²) in [7, 11) is 0. The van der Waals surface area contributed by atoms with Gasteiger partial charge in [0, 0.05) is 16.7 Å². The van der Waals surface area contributed by atoms with Crippen molar-refractivity contribution in [1.29, 1.82) is 0 Å². The highest BCUT2D eigenvalue weighted by Gasteiger charge is 2.86. The van der Waals surface area contributed by atoms with Gasteiger partial charge >= 0.3 is 0 Å². The third-order valence-electron chi connectivity index (χ3n) is 7.58. The van der Waals surface area contributed by atoms with Crippen molar-refractivity contribution >= 4 is 21.7 Å². The van der Waals surface area contributed by atoms with Gasteiger partial charge in [0.05, 0.1) is 0 Å². The van der Waals surface area contributed by atoms with Gasteiger partial charge in [-0.25, -0.2) is 0 Å². The van der Waals surface area contributed by atoms with Gasteiger partial charge < -0.3 is 0 Å². The lowest BCUT2D eigenvalue weighted by atomic mass is 9.16. The largest absolute Gasteiger partial charge is 0.299 e. The molecule has 5 atom stereocenters. The Morgan fingerprint density at radius 3 is 2.65 bits per heavy atom. The molecular formula is C15H21BrO. The van der Waals surface area contributed by atoms with Gasteiger partial charge in [-0.15, -0.1) is 0 Å². The Morgan fingerprint density at radius 2 is 2.00 bits per heavy atom. The average molecular weight is 297 g/mol. The quantitative estimate of drug-likeness (QED) is 0.619. The van der Waals surface area contributed by atoms with Crippen LogP contribution in [0.2, 0.25) is 0 Å². The molecule has 5 aliphatic rings. The maximum absolute atomic E-state index is 12.4. The minimum absolute atomic E-state index is 0.0803. The van der Waals surface area contributed by atoms with Crippen LogP contribution in [0.3, 0.4) is 0 Å². The summed E-state index contributed by atoms with van der Waals surface area (Å²) in [6, 6.07) is 0. The molecule has 0 N–H and O–H groups in total. The zero-order chi connectivity index (χ0) is 12.3. The van der Waals surface area contributed by atoms with E-state index in [9.17, 15) is 4.79 Å². The molecule has 2 heteroatoms. The highest BCUT2D eigenvalue weighted by Crippen LogP contribution is 2.90. The van der Waals surface area contributed by atoms with E-state index in [4.69, 9.17) is 0 Å². The van der Waals surface area contributed by atoms with Crippen molar-refractivity contribution in [3.63, 3.8) is 0 Å². The van der Waals surface area contributed by atoms with Crippen molar-refractivity contribution < 1.29 is 4.79 Å². The van der Waals surface area contributed by atoms with Gasteiger partial charge in [-0.2, -0.15) is 0 Å². The molecule has 0 heterocycles. The molecule has 0 aliphatic heterocycles. The third kappa shape index (κ3) is 0.786. The molecule has 94 valence electrons. The molecule has 4 bridgehead atoms. The van der Waals surface area contributed by atoms with E-state index in [0.29, 0.717) is 26.9 Å². The molecule has 5 unspecified atom stereocenters. The second-order valence-corrected chi connectivity index (χ2v) is 9.02. The summed E-state index contributed by atoms with van der Waals surface area (Å²) in [4.78, 5) is 13.0. The fourth-order valence-corrected chi connectivity index (χ4v) is 7.09. The van der Waals surface area contributed by atoms with Crippen LogP contribution in [-0.2, 0) is 4.79 Å². The smallest absolute Gasteiger partial charge is 0.139 e. The molecule has 1 nitrogen and oxygen atoms in total. The highest BCUT2D eigenvalue weighted by molar-refractivity contribution is 9.09. The lowest BCUT2D eigenvalue weighted by Gasteiger charge is -2.87. The van der Waals surface area contributed by atoms with E-state index in [1.165, 1.54) is 25.7 Å². The van der Waals surface area contributed by atoms with Crippen LogP contribution < -0.4 is 0 Å². The summed E-state index contributed by atoms with van der Waals surface area (Å²) in [5.74, 6) is 1.31. The van der Waals surface area contributed by atoms with E-state index in [1.807, 2.05) is 0 Å². The second kappa shape index (κ2) is 2.55. The van der Waals surface area contributed by atoms with Crippen molar-refractivity contribution in [2.24, 2.45) is 27.6 Å². The van der Waals surface area contributed by atoms with Gasteiger partial charge in [-0.1, -0.05) is 36.7 Å². The van der Waals surface area contributed by atoms with Gasteiger partial charge in [-0.05, 0) is 47.8 Å². The number of Topliss-reactive ketones (excluding diaryl/α,β-unsaturated/α-hetero) is 1. The van der Waals surface area contributed by atoms with Crippen LogP contribution in [0.1, 0.15) is 52.9 Å². The number of carbonyl (C=O) groups is 1. The first kappa shape index (κ1) is 11.0. The Kier molecular flexibility index (Phi) is 1.65. The Labute approximate surface area is 112 Å². The van der Waals surface area contributed by atoms with Crippen molar-refractivity contribution in [2.45, 2.75) is 57.7 Å². The Hall–Kier alpha value is 0.150. The number of carbonyl (C=O) groups excluding carboxylic acids is 1. The van der Waals surface area contributed by atoms with Crippen LogP contribution in [0.25, 0.3) is 0 Å². The predicted octanol–water partition coefficient (Wildman–Crippen LogP) is 3.95. The number of ketones is 1. The van der Waals surface area contributed by atoms with Gasteiger partial charge in [0.15, 0.2) is 0 Å². The summed E-state index contributed by atoms with van der Waals surface area (Å²) < 4.78 is 0. The fourth-order valence-electron chi connectivity index (χ4n) is 6.42. The molecule has 2 spiro atoms. The number of halogens is 1. The van der Waals surface area contributed by atoms with Crippen molar-refractivity contribution in [3.05, 3.63) is 0 Å². The van der Waals surface area contributed by atoms with E-state index in [2.05, 4.69) is 36.7 Å². The summed E-state index contributed by atoms with van der Waals surface area (Å²) in [5.41, 5.74) is 1.27. The SMILES string of the molecule is CC12CC34CCC(Br)C(C)(C)C3(CC1=O)CC24. The van der Waals surface area contributed by atoms with Gasteiger partial charge in [0.25, 0.3) is 0 Å². The first-order chi connectivity index (χ1) is 7.80. The van der Waals surface area contributed by atoms with Crippen LogP contribution in [0.5, 0.6) is 0 Å². The maximum Gasteiger partial charge on any atom is 0.139 e. The van der Waals surface area contributed by atoms with Crippen molar-refractivity contribution in [1.82, 2.24) is 0 Å². The summed E-state index contributed by atoms with van der Waals surface area (Å²) in [6.07, 6.45) is 6.06. The molecule has 5 fully saturated rings. The van der Waals surface area contributed by atoms with Gasteiger partial charge in [-0.3, -0.25) is 4.79 Å². The second-order valence-electron chi connectivity index (χ2n) is 7.92. The summed E-state index contributed by atoms with van der Waals surface area (Å²) >= 11 is 3.90. The van der Waals surface area contributed by atoms with Crippen LogP contribution in [0, 0.1) is 27.6 Å². The Bertz CT molecular complexity index is 442. The molecule has 0 saturated heterocycles. The maximum atomic E-state index is 12.4. The molecule has 0 aromatic carbocycles. The average Bonchev–Trinajstić information content (AvgIpc) is 2.24. The molecule has 0 amide bonds. The van der Waals surface area contributed by atoms with E-state index in [1.54, 1.807) is 0 Å². The molecule has 17 heavy (non-hydrogen) atoms.